The quantitative estimate of drug-likeness (QED) is 0.273. The maximum Gasteiger partial charge on any atom is 0.292 e. The Morgan fingerprint density at radius 3 is 2.76 bits per heavy atom. The fourth-order valence-electron chi connectivity index (χ4n) is 1.29. The number of rotatable bonds is 4. The minimum atomic E-state index is -0.520. The van der Waals surface area contributed by atoms with Crippen LogP contribution in [-0.2, 0) is 0 Å². The van der Waals surface area contributed by atoms with Gasteiger partial charge in [0, 0.05) is 24.7 Å². The number of nitrogen functional groups attached to an aromatic ring is 1. The van der Waals surface area contributed by atoms with Crippen molar-refractivity contribution < 1.29 is 10.0 Å². The molecule has 0 saturated carbocycles. The summed E-state index contributed by atoms with van der Waals surface area (Å²) < 4.78 is 0. The van der Waals surface area contributed by atoms with Crippen LogP contribution in [0.25, 0.3) is 0 Å². The summed E-state index contributed by atoms with van der Waals surface area (Å²) in [6.07, 6.45) is 2.26. The number of nitrogens with zero attached hydrogens (tertiary/aromatic N) is 1. The normalized spacial score (nSPS) is 9.47. The van der Waals surface area contributed by atoms with Crippen molar-refractivity contribution in [3.63, 3.8) is 0 Å². The molecular weight excluding hydrogens is 220 g/mol. The summed E-state index contributed by atoms with van der Waals surface area (Å²) in [7, 11) is 0. The van der Waals surface area contributed by atoms with Gasteiger partial charge in [-0.1, -0.05) is 11.8 Å². The van der Waals surface area contributed by atoms with E-state index in [1.54, 1.807) is 6.07 Å². The van der Waals surface area contributed by atoms with Crippen molar-refractivity contribution in [2.24, 2.45) is 0 Å². The van der Waals surface area contributed by atoms with Gasteiger partial charge in [0.1, 0.15) is 5.69 Å². The zero-order valence-corrected chi connectivity index (χ0v) is 9.35. The molecule has 1 aromatic rings. The van der Waals surface area contributed by atoms with Crippen molar-refractivity contribution in [1.82, 2.24) is 0 Å². The largest absolute Gasteiger partial charge is 0.396 e. The number of anilines is 1. The molecular formula is C12H14N2O3. The highest BCUT2D eigenvalue weighted by molar-refractivity contribution is 5.61. The molecule has 0 aliphatic heterocycles. The number of nitrogens with two attached hydrogens (primary N) is 1. The fourth-order valence-corrected chi connectivity index (χ4v) is 1.29. The number of nitro benzene ring substituents is 1. The highest BCUT2D eigenvalue weighted by Gasteiger charge is 2.09. The number of unbranched alkanes of at least 4 members (excludes halogenated alkanes) is 2. The third-order valence-corrected chi connectivity index (χ3v) is 2.17. The van der Waals surface area contributed by atoms with Gasteiger partial charge in [0.15, 0.2) is 0 Å². The highest BCUT2D eigenvalue weighted by atomic mass is 16.6. The van der Waals surface area contributed by atoms with Gasteiger partial charge in [-0.05, 0) is 25.0 Å². The van der Waals surface area contributed by atoms with Gasteiger partial charge in [-0.25, -0.2) is 0 Å². The molecule has 0 radical (unpaired) electrons. The predicted molar refractivity (Wildman–Crippen MR) is 65.3 cm³/mol. The minimum absolute atomic E-state index is 0.101. The number of hydrogen-bond donors (Lipinski definition) is 2. The van der Waals surface area contributed by atoms with E-state index >= 15 is 0 Å². The molecule has 5 heteroatoms. The molecule has 0 heterocycles. The molecule has 90 valence electrons. The lowest BCUT2D eigenvalue weighted by Gasteiger charge is -1.97. The number of nitro groups is 1. The summed E-state index contributed by atoms with van der Waals surface area (Å²) in [5.74, 6) is 5.80. The monoisotopic (exact) mass is 234 g/mol. The van der Waals surface area contributed by atoms with Gasteiger partial charge in [0.25, 0.3) is 5.69 Å². The zero-order chi connectivity index (χ0) is 12.7. The number of aliphatic hydroxyl groups is 1. The third-order valence-electron chi connectivity index (χ3n) is 2.17. The van der Waals surface area contributed by atoms with E-state index in [2.05, 4.69) is 11.8 Å². The summed E-state index contributed by atoms with van der Waals surface area (Å²) >= 11 is 0. The van der Waals surface area contributed by atoms with Crippen LogP contribution in [0.15, 0.2) is 18.2 Å². The van der Waals surface area contributed by atoms with Crippen molar-refractivity contribution in [1.29, 1.82) is 0 Å². The van der Waals surface area contributed by atoms with Gasteiger partial charge in [-0.3, -0.25) is 10.1 Å². The SMILES string of the molecule is Nc1cc(C#CCCCCO)ccc1[N+](=O)[O-]. The maximum atomic E-state index is 10.5. The molecule has 1 rings (SSSR count). The summed E-state index contributed by atoms with van der Waals surface area (Å²) in [6, 6.07) is 4.43. The van der Waals surface area contributed by atoms with E-state index in [1.165, 1.54) is 12.1 Å². The Hall–Kier alpha value is -2.06. The van der Waals surface area contributed by atoms with E-state index in [4.69, 9.17) is 10.8 Å². The van der Waals surface area contributed by atoms with Crippen LogP contribution >= 0.6 is 0 Å². The lowest BCUT2D eigenvalue weighted by atomic mass is 10.1. The average molecular weight is 234 g/mol. The summed E-state index contributed by atoms with van der Waals surface area (Å²) in [5.41, 5.74) is 6.22. The molecule has 0 aromatic heterocycles. The van der Waals surface area contributed by atoms with Crippen LogP contribution in [0.5, 0.6) is 0 Å². The second kappa shape index (κ2) is 6.51. The molecule has 0 aliphatic carbocycles. The van der Waals surface area contributed by atoms with Crippen molar-refractivity contribution in [2.45, 2.75) is 19.3 Å². The van der Waals surface area contributed by atoms with E-state index in [0.29, 0.717) is 12.0 Å². The van der Waals surface area contributed by atoms with Crippen LogP contribution in [0.1, 0.15) is 24.8 Å². The standard InChI is InChI=1S/C12H14N2O3/c13-11-9-10(5-3-1-2-4-8-15)6-7-12(11)14(16)17/h6-7,9,15H,1-2,4,8,13H2. The Morgan fingerprint density at radius 2 is 2.18 bits per heavy atom. The van der Waals surface area contributed by atoms with E-state index in [-0.39, 0.29) is 18.0 Å². The summed E-state index contributed by atoms with van der Waals surface area (Å²) in [5, 5.41) is 19.1. The third kappa shape index (κ3) is 4.13. The molecule has 0 unspecified atom stereocenters. The molecule has 3 N–H and O–H groups in total. The number of aliphatic hydroxyl groups excluding tert-OH is 1. The van der Waals surface area contributed by atoms with Gasteiger partial charge in [-0.15, -0.1) is 0 Å². The van der Waals surface area contributed by atoms with Gasteiger partial charge >= 0.3 is 0 Å². The van der Waals surface area contributed by atoms with Crippen LogP contribution in [0.3, 0.4) is 0 Å². The first-order valence-electron chi connectivity index (χ1n) is 5.29. The van der Waals surface area contributed by atoms with Crippen molar-refractivity contribution in [3.8, 4) is 11.8 Å². The molecule has 17 heavy (non-hydrogen) atoms. The maximum absolute atomic E-state index is 10.5. The first-order chi connectivity index (χ1) is 8.15. The second-order valence-corrected chi connectivity index (χ2v) is 3.51. The molecule has 0 aliphatic rings. The van der Waals surface area contributed by atoms with Crippen LogP contribution in [-0.4, -0.2) is 16.6 Å². The summed E-state index contributed by atoms with van der Waals surface area (Å²) in [6.45, 7) is 0.173. The molecule has 0 amide bonds. The fraction of sp³-hybridized carbons (Fsp3) is 0.333. The minimum Gasteiger partial charge on any atom is -0.396 e. The Morgan fingerprint density at radius 1 is 1.41 bits per heavy atom. The topological polar surface area (TPSA) is 89.4 Å². The highest BCUT2D eigenvalue weighted by Crippen LogP contribution is 2.21. The van der Waals surface area contributed by atoms with Crippen LogP contribution in [0.4, 0.5) is 11.4 Å². The number of hydrogen-bond acceptors (Lipinski definition) is 4. The Balaban J connectivity index is 2.67. The molecule has 0 saturated heterocycles. The van der Waals surface area contributed by atoms with Gasteiger partial charge < -0.3 is 10.8 Å². The first-order valence-corrected chi connectivity index (χ1v) is 5.29. The first kappa shape index (κ1) is 13.0. The Bertz CT molecular complexity index is 461. The molecule has 1 aromatic carbocycles. The van der Waals surface area contributed by atoms with Crippen molar-refractivity contribution in [3.05, 3.63) is 33.9 Å². The molecule has 0 fully saturated rings. The predicted octanol–water partition coefficient (Wildman–Crippen LogP) is 1.69. The van der Waals surface area contributed by atoms with E-state index in [9.17, 15) is 10.1 Å². The zero-order valence-electron chi connectivity index (χ0n) is 9.35. The summed E-state index contributed by atoms with van der Waals surface area (Å²) in [4.78, 5) is 10.0. The molecule has 0 bridgehead atoms. The van der Waals surface area contributed by atoms with E-state index < -0.39 is 4.92 Å². The lowest BCUT2D eigenvalue weighted by molar-refractivity contribution is -0.383. The van der Waals surface area contributed by atoms with Gasteiger partial charge in [-0.2, -0.15) is 0 Å². The van der Waals surface area contributed by atoms with E-state index in [1.807, 2.05) is 0 Å². The lowest BCUT2D eigenvalue weighted by Crippen LogP contribution is -1.95. The van der Waals surface area contributed by atoms with Crippen LogP contribution in [0, 0.1) is 22.0 Å². The Kier molecular flexibility index (Phi) is 4.98. The van der Waals surface area contributed by atoms with Crippen molar-refractivity contribution in [2.75, 3.05) is 12.3 Å². The van der Waals surface area contributed by atoms with Crippen LogP contribution < -0.4 is 5.73 Å². The average Bonchev–Trinajstić information content (AvgIpc) is 2.28. The van der Waals surface area contributed by atoms with Crippen LogP contribution in [0.2, 0.25) is 0 Å². The Labute approximate surface area is 99.4 Å². The second-order valence-electron chi connectivity index (χ2n) is 3.51. The van der Waals surface area contributed by atoms with Crippen molar-refractivity contribution >= 4 is 11.4 Å². The van der Waals surface area contributed by atoms with Gasteiger partial charge in [0.05, 0.1) is 4.92 Å². The molecule has 0 spiro atoms. The van der Waals surface area contributed by atoms with E-state index in [0.717, 1.165) is 12.8 Å². The molecule has 0 atom stereocenters. The van der Waals surface area contributed by atoms with Gasteiger partial charge in [0.2, 0.25) is 0 Å². The smallest absolute Gasteiger partial charge is 0.292 e. The molecule has 5 nitrogen and oxygen atoms in total. The number of benzene rings is 1.